The van der Waals surface area contributed by atoms with E-state index in [1.54, 1.807) is 0 Å². The quantitative estimate of drug-likeness (QED) is 0.433. The van der Waals surface area contributed by atoms with Crippen molar-refractivity contribution in [2.24, 2.45) is 0 Å². The molecule has 1 N–H and O–H groups in total. The topological polar surface area (TPSA) is 87.4 Å². The van der Waals surface area contributed by atoms with Crippen molar-refractivity contribution in [3.63, 3.8) is 0 Å². The Hall–Kier alpha value is -3.81. The number of H-pyrrole nitrogens is 1. The molecule has 6 rings (SSSR count). The number of aromatic amines is 1. The largest absolute Gasteiger partial charge is 0.378 e. The lowest BCUT2D eigenvalue weighted by atomic mass is 9.94. The van der Waals surface area contributed by atoms with E-state index in [1.165, 1.54) is 0 Å². The minimum Gasteiger partial charge on any atom is -0.378 e. The highest BCUT2D eigenvalue weighted by Gasteiger charge is 2.35. The number of rotatable bonds is 3. The molecular weight excluding hydrogens is 471 g/mol. The highest BCUT2D eigenvalue weighted by Crippen LogP contribution is 2.40. The molecule has 0 radical (unpaired) electrons. The molecule has 5 heterocycles. The second kappa shape index (κ2) is 8.76. The predicted octanol–water partition coefficient (Wildman–Crippen LogP) is 4.08. The van der Waals surface area contributed by atoms with Crippen LogP contribution < -0.4 is 9.80 Å². The number of ether oxygens (including phenoxy) is 1. The van der Waals surface area contributed by atoms with Crippen LogP contribution in [-0.2, 0) is 11.2 Å². The molecule has 1 aromatic carbocycles. The van der Waals surface area contributed by atoms with Crippen LogP contribution in [0, 0.1) is 12.4 Å². The van der Waals surface area contributed by atoms with Gasteiger partial charge in [0.25, 0.3) is 0 Å². The SMILES string of the molecule is [C-]#[N+]c1nc(N2CCc3c([nH]c4ccc(Cl)cc34)[C@@H]2c2cnc(N3CCOCC3)nc2)ncc1F. The minimum atomic E-state index is -0.739. The number of nitrogens with zero attached hydrogens (tertiary/aromatic N) is 7. The van der Waals surface area contributed by atoms with E-state index in [2.05, 4.69) is 34.7 Å². The average Bonchev–Trinajstić information content (AvgIpc) is 3.27. The summed E-state index contributed by atoms with van der Waals surface area (Å²) >= 11 is 6.29. The van der Waals surface area contributed by atoms with Crippen LogP contribution in [0.2, 0.25) is 5.02 Å². The molecule has 0 bridgehead atoms. The first kappa shape index (κ1) is 21.7. The summed E-state index contributed by atoms with van der Waals surface area (Å²) in [6.07, 6.45) is 5.36. The highest BCUT2D eigenvalue weighted by atomic mass is 35.5. The second-order valence-electron chi connectivity index (χ2n) is 8.42. The molecule has 4 aromatic rings. The van der Waals surface area contributed by atoms with Crippen molar-refractivity contribution in [2.75, 3.05) is 42.6 Å². The summed E-state index contributed by atoms with van der Waals surface area (Å²) in [7, 11) is 0. The van der Waals surface area contributed by atoms with Crippen molar-refractivity contribution >= 4 is 40.2 Å². The van der Waals surface area contributed by atoms with Crippen molar-refractivity contribution in [1.82, 2.24) is 24.9 Å². The molecule has 0 aliphatic carbocycles. The molecule has 0 amide bonds. The van der Waals surface area contributed by atoms with Crippen LogP contribution >= 0.6 is 11.6 Å². The van der Waals surface area contributed by atoms with Gasteiger partial charge in [0.05, 0.1) is 19.4 Å². The number of aromatic nitrogens is 5. The van der Waals surface area contributed by atoms with Gasteiger partial charge >= 0.3 is 11.8 Å². The van der Waals surface area contributed by atoms with Crippen LogP contribution in [0.4, 0.5) is 22.1 Å². The van der Waals surface area contributed by atoms with Crippen LogP contribution in [0.1, 0.15) is 22.9 Å². The molecule has 35 heavy (non-hydrogen) atoms. The molecule has 0 saturated carbocycles. The van der Waals surface area contributed by atoms with Gasteiger partial charge in [0.1, 0.15) is 6.04 Å². The normalized spacial score (nSPS) is 17.9. The molecule has 2 aliphatic rings. The van der Waals surface area contributed by atoms with Crippen molar-refractivity contribution in [1.29, 1.82) is 0 Å². The molecule has 0 spiro atoms. The average molecular weight is 491 g/mol. The van der Waals surface area contributed by atoms with Crippen LogP contribution in [0.15, 0.2) is 36.8 Å². The lowest BCUT2D eigenvalue weighted by Crippen LogP contribution is -2.38. The Balaban J connectivity index is 1.46. The number of fused-ring (bicyclic) bond motifs is 3. The summed E-state index contributed by atoms with van der Waals surface area (Å²) < 4.78 is 19.4. The summed E-state index contributed by atoms with van der Waals surface area (Å²) in [6, 6.07) is 5.42. The lowest BCUT2D eigenvalue weighted by molar-refractivity contribution is 0.122. The van der Waals surface area contributed by atoms with Crippen LogP contribution in [0.5, 0.6) is 0 Å². The van der Waals surface area contributed by atoms with E-state index in [4.69, 9.17) is 22.9 Å². The molecule has 9 nitrogen and oxygen atoms in total. The number of anilines is 2. The number of hydrogen-bond donors (Lipinski definition) is 1. The fraction of sp³-hybridized carbons (Fsp3) is 0.292. The van der Waals surface area contributed by atoms with Crippen LogP contribution in [-0.4, -0.2) is 57.8 Å². The smallest absolute Gasteiger partial charge is 0.323 e. The zero-order valence-corrected chi connectivity index (χ0v) is 19.3. The maximum Gasteiger partial charge on any atom is 0.323 e. The molecule has 3 aromatic heterocycles. The third kappa shape index (κ3) is 3.83. The van der Waals surface area contributed by atoms with Gasteiger partial charge in [-0.3, -0.25) is 0 Å². The van der Waals surface area contributed by atoms with Gasteiger partial charge in [-0.05, 0) is 30.2 Å². The molecular formula is C24H20ClFN8O. The molecule has 1 fully saturated rings. The van der Waals surface area contributed by atoms with Crippen molar-refractivity contribution in [3.8, 4) is 0 Å². The minimum absolute atomic E-state index is 0.280. The fourth-order valence-electron chi connectivity index (χ4n) is 4.79. The zero-order chi connectivity index (χ0) is 23.9. The van der Waals surface area contributed by atoms with Crippen molar-refractivity contribution in [2.45, 2.75) is 12.5 Å². The summed E-state index contributed by atoms with van der Waals surface area (Å²) in [6.45, 7) is 10.6. The third-order valence-corrected chi connectivity index (χ3v) is 6.67. The zero-order valence-electron chi connectivity index (χ0n) is 18.6. The summed E-state index contributed by atoms with van der Waals surface area (Å²) in [5, 5.41) is 1.73. The molecule has 1 atom stereocenters. The van der Waals surface area contributed by atoms with E-state index in [0.29, 0.717) is 37.2 Å². The third-order valence-electron chi connectivity index (χ3n) is 6.43. The Morgan fingerprint density at radius 1 is 1.09 bits per heavy atom. The molecule has 11 heteroatoms. The van der Waals surface area contributed by atoms with Gasteiger partial charge in [-0.1, -0.05) is 23.2 Å². The molecule has 1 saturated heterocycles. The standard InChI is InChI=1S/C24H20ClFN8O/c1-27-22-18(26)13-30-24(32-22)34-5-4-16-17-10-15(25)2-3-19(17)31-20(16)21(34)14-11-28-23(29-12-14)33-6-8-35-9-7-33/h2-3,10-13,21,31H,4-9H2/t21-/m0/s1. The van der Waals surface area contributed by atoms with Crippen LogP contribution in [0.3, 0.4) is 0 Å². The van der Waals surface area contributed by atoms with Gasteiger partial charge in [-0.2, -0.15) is 4.98 Å². The first-order valence-electron chi connectivity index (χ1n) is 11.2. The van der Waals surface area contributed by atoms with Crippen LogP contribution in [0.25, 0.3) is 15.7 Å². The number of halogens is 2. The Bertz CT molecular complexity index is 1440. The van der Waals surface area contributed by atoms with E-state index >= 15 is 0 Å². The van der Waals surface area contributed by atoms with Crippen molar-refractivity contribution in [3.05, 3.63) is 75.9 Å². The first-order valence-corrected chi connectivity index (χ1v) is 11.6. The van der Waals surface area contributed by atoms with E-state index in [-0.39, 0.29) is 17.8 Å². The molecule has 176 valence electrons. The van der Waals surface area contributed by atoms with E-state index in [9.17, 15) is 4.39 Å². The second-order valence-corrected chi connectivity index (χ2v) is 8.86. The Morgan fingerprint density at radius 2 is 1.86 bits per heavy atom. The van der Waals surface area contributed by atoms with E-state index in [1.807, 2.05) is 35.5 Å². The van der Waals surface area contributed by atoms with Gasteiger partial charge in [-0.15, -0.1) is 0 Å². The number of nitrogens with one attached hydrogen (secondary N) is 1. The maximum absolute atomic E-state index is 14.0. The van der Waals surface area contributed by atoms with Gasteiger partial charge in [0.2, 0.25) is 5.95 Å². The summed E-state index contributed by atoms with van der Waals surface area (Å²) in [5.41, 5.74) is 3.90. The van der Waals surface area contributed by atoms with Crippen molar-refractivity contribution < 1.29 is 9.13 Å². The monoisotopic (exact) mass is 490 g/mol. The Labute approximate surface area is 205 Å². The van der Waals surface area contributed by atoms with E-state index in [0.717, 1.165) is 47.0 Å². The first-order chi connectivity index (χ1) is 17.1. The van der Waals surface area contributed by atoms with E-state index < -0.39 is 5.82 Å². The Kier molecular flexibility index (Phi) is 5.43. The number of benzene rings is 1. The highest BCUT2D eigenvalue weighted by molar-refractivity contribution is 6.31. The molecule has 0 unspecified atom stereocenters. The van der Waals surface area contributed by atoms with Gasteiger partial charge in [0, 0.05) is 59.2 Å². The number of morpholine rings is 1. The van der Waals surface area contributed by atoms with Gasteiger partial charge in [0.15, 0.2) is 5.82 Å². The molecule has 2 aliphatic heterocycles. The lowest BCUT2D eigenvalue weighted by Gasteiger charge is -2.34. The predicted molar refractivity (Wildman–Crippen MR) is 130 cm³/mol. The fourth-order valence-corrected chi connectivity index (χ4v) is 4.96. The maximum atomic E-state index is 14.0. The van der Waals surface area contributed by atoms with Gasteiger partial charge in [-0.25, -0.2) is 14.4 Å². The summed E-state index contributed by atoms with van der Waals surface area (Å²) in [5.74, 6) is -0.114. The van der Waals surface area contributed by atoms with Gasteiger partial charge < -0.3 is 24.4 Å². The number of hydrogen-bond acceptors (Lipinski definition) is 7. The summed E-state index contributed by atoms with van der Waals surface area (Å²) in [4.78, 5) is 28.5. The Morgan fingerprint density at radius 3 is 2.63 bits per heavy atom.